The number of pyridine rings is 1. The molecule has 1 N–H and O–H groups in total. The third-order valence-electron chi connectivity index (χ3n) is 7.03. The van der Waals surface area contributed by atoms with Gasteiger partial charge in [-0.2, -0.15) is 0 Å². The molecule has 0 saturated carbocycles. The van der Waals surface area contributed by atoms with Crippen molar-refractivity contribution in [2.24, 2.45) is 18.9 Å². The molecular formula is C21H28N4O2. The second-order valence-corrected chi connectivity index (χ2v) is 8.55. The maximum Gasteiger partial charge on any atom is 0.272 e. The fourth-order valence-corrected chi connectivity index (χ4v) is 5.74. The van der Waals surface area contributed by atoms with E-state index in [1.807, 2.05) is 40.9 Å². The summed E-state index contributed by atoms with van der Waals surface area (Å²) in [5.41, 5.74) is 1.38. The average molecular weight is 368 g/mol. The molecule has 2 aromatic rings. The van der Waals surface area contributed by atoms with Crippen LogP contribution >= 0.6 is 0 Å². The molecule has 3 saturated heterocycles. The fraction of sp³-hybridized carbons (Fsp3) is 0.619. The molecule has 4 atom stereocenters. The molecule has 5 heterocycles. The molecule has 144 valence electrons. The Morgan fingerprint density at radius 2 is 2.07 bits per heavy atom. The Morgan fingerprint density at radius 1 is 1.22 bits per heavy atom. The summed E-state index contributed by atoms with van der Waals surface area (Å²) in [6.07, 6.45) is 6.81. The first-order valence-electron chi connectivity index (χ1n) is 10.2. The number of aryl methyl sites for hydroxylation is 1. The van der Waals surface area contributed by atoms with E-state index in [9.17, 15) is 9.90 Å². The monoisotopic (exact) mass is 368 g/mol. The number of hydrogen-bond donors (Lipinski definition) is 1. The van der Waals surface area contributed by atoms with Crippen LogP contribution in [-0.2, 0) is 7.05 Å². The predicted octanol–water partition coefficient (Wildman–Crippen LogP) is 1.88. The number of rotatable bonds is 2. The largest absolute Gasteiger partial charge is 0.395 e. The molecule has 2 aromatic heterocycles. The van der Waals surface area contributed by atoms with Crippen LogP contribution in [0.5, 0.6) is 0 Å². The van der Waals surface area contributed by atoms with E-state index in [1.54, 1.807) is 0 Å². The molecule has 27 heavy (non-hydrogen) atoms. The number of piperidine rings is 3. The highest BCUT2D eigenvalue weighted by Gasteiger charge is 2.47. The summed E-state index contributed by atoms with van der Waals surface area (Å²) in [5.74, 6) is 0.925. The van der Waals surface area contributed by atoms with Crippen LogP contribution in [-0.4, -0.2) is 68.7 Å². The van der Waals surface area contributed by atoms with Crippen molar-refractivity contribution >= 4 is 16.9 Å². The van der Waals surface area contributed by atoms with Gasteiger partial charge in [0.15, 0.2) is 0 Å². The van der Waals surface area contributed by atoms with Gasteiger partial charge in [-0.25, -0.2) is 4.98 Å². The van der Waals surface area contributed by atoms with E-state index in [1.165, 1.54) is 19.3 Å². The number of aromatic nitrogens is 2. The van der Waals surface area contributed by atoms with Gasteiger partial charge in [0.1, 0.15) is 11.3 Å². The van der Waals surface area contributed by atoms with Crippen molar-refractivity contribution in [3.8, 4) is 0 Å². The summed E-state index contributed by atoms with van der Waals surface area (Å²) >= 11 is 0. The standard InChI is InChI=1S/C21H28N4O2/c1-23-9-7-14-5-6-17(22-20(14)23)21(27)24-11-15-10-16(12-24)19(13-26)25-8-3-2-4-18(15)25/h5-7,9,15-16,18-19,26H,2-4,8,10-13H2,1H3/t15-,16+,18+,19+/m1/s1. The van der Waals surface area contributed by atoms with Gasteiger partial charge in [-0.3, -0.25) is 9.69 Å². The molecule has 5 rings (SSSR count). The van der Waals surface area contributed by atoms with Gasteiger partial charge in [-0.1, -0.05) is 6.42 Å². The molecule has 0 unspecified atom stereocenters. The molecule has 3 aliphatic heterocycles. The zero-order valence-electron chi connectivity index (χ0n) is 15.9. The average Bonchev–Trinajstić information content (AvgIpc) is 3.08. The summed E-state index contributed by atoms with van der Waals surface area (Å²) in [5, 5.41) is 11.1. The summed E-state index contributed by atoms with van der Waals surface area (Å²) in [4.78, 5) is 22.4. The van der Waals surface area contributed by atoms with Gasteiger partial charge >= 0.3 is 0 Å². The highest BCUT2D eigenvalue weighted by atomic mass is 16.3. The van der Waals surface area contributed by atoms with Gasteiger partial charge < -0.3 is 14.6 Å². The van der Waals surface area contributed by atoms with Crippen molar-refractivity contribution in [1.29, 1.82) is 0 Å². The molecule has 3 fully saturated rings. The van der Waals surface area contributed by atoms with Crippen LogP contribution in [0, 0.1) is 11.8 Å². The normalized spacial score (nSPS) is 31.1. The number of amides is 1. The van der Waals surface area contributed by atoms with E-state index in [2.05, 4.69) is 9.88 Å². The van der Waals surface area contributed by atoms with Gasteiger partial charge in [0, 0.05) is 43.8 Å². The van der Waals surface area contributed by atoms with Crippen LogP contribution < -0.4 is 0 Å². The maximum atomic E-state index is 13.2. The first-order chi connectivity index (χ1) is 13.2. The number of fused-ring (bicyclic) bond motifs is 5. The van der Waals surface area contributed by atoms with E-state index in [0.717, 1.165) is 37.1 Å². The zero-order chi connectivity index (χ0) is 18.5. The number of carbonyl (C=O) groups is 1. The smallest absolute Gasteiger partial charge is 0.272 e. The molecule has 2 bridgehead atoms. The van der Waals surface area contributed by atoms with E-state index >= 15 is 0 Å². The van der Waals surface area contributed by atoms with Crippen molar-refractivity contribution in [2.75, 3.05) is 26.2 Å². The Labute approximate surface area is 159 Å². The van der Waals surface area contributed by atoms with Crippen LogP contribution in [0.3, 0.4) is 0 Å². The van der Waals surface area contributed by atoms with Crippen LogP contribution in [0.15, 0.2) is 24.4 Å². The first-order valence-corrected chi connectivity index (χ1v) is 10.2. The maximum absolute atomic E-state index is 13.2. The van der Waals surface area contributed by atoms with Gasteiger partial charge in [0.05, 0.1) is 6.61 Å². The van der Waals surface area contributed by atoms with Crippen molar-refractivity contribution in [3.05, 3.63) is 30.1 Å². The molecule has 0 radical (unpaired) electrons. The molecule has 0 spiro atoms. The number of aliphatic hydroxyl groups excluding tert-OH is 1. The Kier molecular flexibility index (Phi) is 4.20. The lowest BCUT2D eigenvalue weighted by Crippen LogP contribution is -2.65. The van der Waals surface area contributed by atoms with Crippen LogP contribution in [0.4, 0.5) is 0 Å². The van der Waals surface area contributed by atoms with Crippen molar-refractivity contribution in [2.45, 2.75) is 37.8 Å². The Bertz CT molecular complexity index is 849. The lowest BCUT2D eigenvalue weighted by molar-refractivity contribution is -0.0795. The second-order valence-electron chi connectivity index (χ2n) is 8.55. The third-order valence-corrected chi connectivity index (χ3v) is 7.03. The molecule has 6 nitrogen and oxygen atoms in total. The molecule has 3 aliphatic rings. The molecule has 0 aliphatic carbocycles. The second kappa shape index (κ2) is 6.60. The minimum absolute atomic E-state index is 0.0359. The zero-order valence-corrected chi connectivity index (χ0v) is 15.9. The minimum Gasteiger partial charge on any atom is -0.395 e. The molecule has 6 heteroatoms. The first kappa shape index (κ1) is 17.2. The van der Waals surface area contributed by atoms with Crippen molar-refractivity contribution < 1.29 is 9.90 Å². The minimum atomic E-state index is 0.0359. The summed E-state index contributed by atoms with van der Waals surface area (Å²) in [6.45, 7) is 2.85. The molecular weight excluding hydrogens is 340 g/mol. The number of nitrogens with zero attached hydrogens (tertiary/aromatic N) is 4. The van der Waals surface area contributed by atoms with E-state index in [-0.39, 0.29) is 18.6 Å². The SMILES string of the molecule is Cn1ccc2ccc(C(=O)N3C[C@H]4C[C@@H](C3)[C@H](CO)N3CCCC[C@@H]43)nc21. The van der Waals surface area contributed by atoms with E-state index in [4.69, 9.17) is 0 Å². The summed E-state index contributed by atoms with van der Waals surface area (Å²) in [6, 6.07) is 6.58. The van der Waals surface area contributed by atoms with Gasteiger partial charge in [0.2, 0.25) is 0 Å². The third kappa shape index (κ3) is 2.77. The van der Waals surface area contributed by atoms with Crippen molar-refractivity contribution in [1.82, 2.24) is 19.4 Å². The number of hydrogen-bond acceptors (Lipinski definition) is 4. The quantitative estimate of drug-likeness (QED) is 0.879. The van der Waals surface area contributed by atoms with E-state index in [0.29, 0.717) is 23.6 Å². The topological polar surface area (TPSA) is 61.6 Å². The number of likely N-dealkylation sites (tertiary alicyclic amines) is 1. The van der Waals surface area contributed by atoms with Crippen molar-refractivity contribution in [3.63, 3.8) is 0 Å². The predicted molar refractivity (Wildman–Crippen MR) is 103 cm³/mol. The Hall–Kier alpha value is -1.92. The lowest BCUT2D eigenvalue weighted by Gasteiger charge is -2.56. The van der Waals surface area contributed by atoms with Crippen LogP contribution in [0.1, 0.15) is 36.2 Å². The summed E-state index contributed by atoms with van der Waals surface area (Å²) in [7, 11) is 1.96. The molecule has 0 aromatic carbocycles. The Balaban J connectivity index is 1.42. The van der Waals surface area contributed by atoms with E-state index < -0.39 is 0 Å². The van der Waals surface area contributed by atoms with Crippen LogP contribution in [0.25, 0.3) is 11.0 Å². The summed E-state index contributed by atoms with van der Waals surface area (Å²) < 4.78 is 1.96. The highest BCUT2D eigenvalue weighted by Crippen LogP contribution is 2.41. The van der Waals surface area contributed by atoms with Gasteiger partial charge in [-0.15, -0.1) is 0 Å². The van der Waals surface area contributed by atoms with Gasteiger partial charge in [-0.05, 0) is 55.8 Å². The lowest BCUT2D eigenvalue weighted by atomic mass is 9.72. The molecule has 1 amide bonds. The number of carbonyl (C=O) groups excluding carboxylic acids is 1. The fourth-order valence-electron chi connectivity index (χ4n) is 5.74. The number of aliphatic hydroxyl groups is 1. The Morgan fingerprint density at radius 3 is 2.93 bits per heavy atom. The highest BCUT2D eigenvalue weighted by molar-refractivity contribution is 5.94. The van der Waals surface area contributed by atoms with Crippen LogP contribution in [0.2, 0.25) is 0 Å². The van der Waals surface area contributed by atoms with Gasteiger partial charge in [0.25, 0.3) is 5.91 Å².